The Morgan fingerprint density at radius 2 is 2.07 bits per heavy atom. The van der Waals surface area contributed by atoms with E-state index in [1.54, 1.807) is 6.20 Å². The number of rotatable bonds is 2. The van der Waals surface area contributed by atoms with E-state index in [1.807, 2.05) is 24.3 Å². The first kappa shape index (κ1) is 10.2. The van der Waals surface area contributed by atoms with Gasteiger partial charge in [-0.25, -0.2) is 0 Å². The number of pyridine rings is 1. The van der Waals surface area contributed by atoms with Gasteiger partial charge in [-0.2, -0.15) is 0 Å². The first-order chi connectivity index (χ1) is 7.18. The number of benzene rings is 1. The fourth-order valence-corrected chi connectivity index (χ4v) is 1.79. The van der Waals surface area contributed by atoms with E-state index in [0.717, 1.165) is 16.6 Å². The molecule has 0 atom stereocenters. The van der Waals surface area contributed by atoms with E-state index in [4.69, 9.17) is 11.6 Å². The van der Waals surface area contributed by atoms with Gasteiger partial charge in [0, 0.05) is 23.3 Å². The summed E-state index contributed by atoms with van der Waals surface area (Å²) < 4.78 is 0. The molecule has 1 aromatic carbocycles. The summed E-state index contributed by atoms with van der Waals surface area (Å²) in [5.41, 5.74) is 1.93. The van der Waals surface area contributed by atoms with Gasteiger partial charge in [-0.15, -0.1) is 0 Å². The van der Waals surface area contributed by atoms with E-state index in [2.05, 4.69) is 24.1 Å². The highest BCUT2D eigenvalue weighted by molar-refractivity contribution is 6.35. The topological polar surface area (TPSA) is 24.9 Å². The second-order valence-electron chi connectivity index (χ2n) is 3.79. The standard InChI is InChI=1S/C12H13ClN2/c1-8(2)15-11-6-5-10(13)12-9(11)4-3-7-14-12/h3-8,15H,1-2H3. The molecule has 2 nitrogen and oxygen atoms in total. The van der Waals surface area contributed by atoms with Crippen LogP contribution in [-0.2, 0) is 0 Å². The summed E-state index contributed by atoms with van der Waals surface area (Å²) >= 11 is 6.08. The molecule has 0 saturated carbocycles. The molecule has 0 saturated heterocycles. The van der Waals surface area contributed by atoms with Gasteiger partial charge in [-0.05, 0) is 38.1 Å². The predicted molar refractivity (Wildman–Crippen MR) is 65.5 cm³/mol. The van der Waals surface area contributed by atoms with Crippen LogP contribution >= 0.6 is 11.6 Å². The molecule has 15 heavy (non-hydrogen) atoms. The summed E-state index contributed by atoms with van der Waals surface area (Å²) in [6.07, 6.45) is 1.76. The van der Waals surface area contributed by atoms with Gasteiger partial charge in [0.1, 0.15) is 0 Å². The molecule has 0 spiro atoms. The van der Waals surface area contributed by atoms with Crippen molar-refractivity contribution in [3.63, 3.8) is 0 Å². The Bertz CT molecular complexity index is 480. The monoisotopic (exact) mass is 220 g/mol. The Morgan fingerprint density at radius 3 is 2.80 bits per heavy atom. The van der Waals surface area contributed by atoms with Crippen LogP contribution in [0.15, 0.2) is 30.5 Å². The molecular formula is C12H13ClN2. The van der Waals surface area contributed by atoms with E-state index in [0.29, 0.717) is 11.1 Å². The average molecular weight is 221 g/mol. The van der Waals surface area contributed by atoms with Crippen LogP contribution in [-0.4, -0.2) is 11.0 Å². The number of hydrogen-bond acceptors (Lipinski definition) is 2. The number of anilines is 1. The second-order valence-corrected chi connectivity index (χ2v) is 4.20. The molecular weight excluding hydrogens is 208 g/mol. The largest absolute Gasteiger partial charge is 0.382 e. The maximum Gasteiger partial charge on any atom is 0.0908 e. The summed E-state index contributed by atoms with van der Waals surface area (Å²) in [4.78, 5) is 4.28. The van der Waals surface area contributed by atoms with Crippen molar-refractivity contribution in [3.05, 3.63) is 35.5 Å². The van der Waals surface area contributed by atoms with Crippen LogP contribution in [0.2, 0.25) is 5.02 Å². The fraction of sp³-hybridized carbons (Fsp3) is 0.250. The molecule has 0 aliphatic heterocycles. The molecule has 0 unspecified atom stereocenters. The van der Waals surface area contributed by atoms with Gasteiger partial charge in [0.15, 0.2) is 0 Å². The molecule has 2 aromatic rings. The molecule has 0 amide bonds. The quantitative estimate of drug-likeness (QED) is 0.835. The molecule has 1 heterocycles. The molecule has 3 heteroatoms. The maximum absolute atomic E-state index is 6.08. The second kappa shape index (κ2) is 4.07. The van der Waals surface area contributed by atoms with Crippen LogP contribution in [0.1, 0.15) is 13.8 Å². The Kier molecular flexibility index (Phi) is 2.78. The lowest BCUT2D eigenvalue weighted by molar-refractivity contribution is 0.902. The van der Waals surface area contributed by atoms with Crippen LogP contribution in [0, 0.1) is 0 Å². The lowest BCUT2D eigenvalue weighted by Gasteiger charge is -2.12. The molecule has 1 aromatic heterocycles. The van der Waals surface area contributed by atoms with Crippen molar-refractivity contribution in [3.8, 4) is 0 Å². The third-order valence-corrected chi connectivity index (χ3v) is 2.47. The molecule has 2 rings (SSSR count). The van der Waals surface area contributed by atoms with Crippen molar-refractivity contribution in [2.24, 2.45) is 0 Å². The van der Waals surface area contributed by atoms with E-state index in [-0.39, 0.29) is 0 Å². The third kappa shape index (κ3) is 2.05. The highest BCUT2D eigenvalue weighted by Crippen LogP contribution is 2.28. The normalized spacial score (nSPS) is 10.9. The minimum Gasteiger partial charge on any atom is -0.382 e. The van der Waals surface area contributed by atoms with Gasteiger partial charge in [-0.3, -0.25) is 4.98 Å². The fourth-order valence-electron chi connectivity index (χ4n) is 1.58. The van der Waals surface area contributed by atoms with E-state index < -0.39 is 0 Å². The zero-order valence-electron chi connectivity index (χ0n) is 8.79. The molecule has 78 valence electrons. The maximum atomic E-state index is 6.08. The summed E-state index contributed by atoms with van der Waals surface area (Å²) in [5.74, 6) is 0. The molecule has 0 aliphatic rings. The lowest BCUT2D eigenvalue weighted by Crippen LogP contribution is -2.09. The van der Waals surface area contributed by atoms with Crippen molar-refractivity contribution < 1.29 is 0 Å². The van der Waals surface area contributed by atoms with Gasteiger partial charge in [-0.1, -0.05) is 11.6 Å². The highest BCUT2D eigenvalue weighted by Gasteiger charge is 2.05. The Hall–Kier alpha value is -1.28. The summed E-state index contributed by atoms with van der Waals surface area (Å²) in [7, 11) is 0. The summed E-state index contributed by atoms with van der Waals surface area (Å²) in [5, 5.41) is 5.14. The van der Waals surface area contributed by atoms with Crippen molar-refractivity contribution in [2.75, 3.05) is 5.32 Å². The molecule has 0 radical (unpaired) electrons. The lowest BCUT2D eigenvalue weighted by atomic mass is 10.1. The van der Waals surface area contributed by atoms with Gasteiger partial charge < -0.3 is 5.32 Å². The van der Waals surface area contributed by atoms with Crippen LogP contribution in [0.4, 0.5) is 5.69 Å². The van der Waals surface area contributed by atoms with Crippen LogP contribution in [0.3, 0.4) is 0 Å². The Balaban J connectivity index is 2.61. The smallest absolute Gasteiger partial charge is 0.0908 e. The van der Waals surface area contributed by atoms with Crippen molar-refractivity contribution in [1.82, 2.24) is 4.98 Å². The first-order valence-electron chi connectivity index (χ1n) is 4.98. The number of fused-ring (bicyclic) bond motifs is 1. The van der Waals surface area contributed by atoms with Crippen LogP contribution < -0.4 is 5.32 Å². The molecule has 0 fully saturated rings. The average Bonchev–Trinajstić information content (AvgIpc) is 2.22. The molecule has 1 N–H and O–H groups in total. The highest BCUT2D eigenvalue weighted by atomic mass is 35.5. The number of hydrogen-bond donors (Lipinski definition) is 1. The number of nitrogens with zero attached hydrogens (tertiary/aromatic N) is 1. The van der Waals surface area contributed by atoms with E-state index in [1.165, 1.54) is 0 Å². The summed E-state index contributed by atoms with van der Waals surface area (Å²) in [6, 6.07) is 8.21. The van der Waals surface area contributed by atoms with Crippen molar-refractivity contribution in [2.45, 2.75) is 19.9 Å². The number of nitrogens with one attached hydrogen (secondary N) is 1. The minimum atomic E-state index is 0.398. The molecule has 0 bridgehead atoms. The van der Waals surface area contributed by atoms with Crippen LogP contribution in [0.5, 0.6) is 0 Å². The summed E-state index contributed by atoms with van der Waals surface area (Å²) in [6.45, 7) is 4.22. The van der Waals surface area contributed by atoms with Gasteiger partial charge in [0.25, 0.3) is 0 Å². The number of halogens is 1. The van der Waals surface area contributed by atoms with Gasteiger partial charge in [0.2, 0.25) is 0 Å². The molecule has 0 aliphatic carbocycles. The SMILES string of the molecule is CC(C)Nc1ccc(Cl)c2ncccc12. The Labute approximate surface area is 94.3 Å². The Morgan fingerprint density at radius 1 is 1.27 bits per heavy atom. The van der Waals surface area contributed by atoms with Gasteiger partial charge in [0.05, 0.1) is 10.5 Å². The van der Waals surface area contributed by atoms with E-state index >= 15 is 0 Å². The van der Waals surface area contributed by atoms with Gasteiger partial charge >= 0.3 is 0 Å². The first-order valence-corrected chi connectivity index (χ1v) is 5.36. The zero-order chi connectivity index (χ0) is 10.8. The number of aromatic nitrogens is 1. The van der Waals surface area contributed by atoms with Crippen LogP contribution in [0.25, 0.3) is 10.9 Å². The van der Waals surface area contributed by atoms with Crippen molar-refractivity contribution in [1.29, 1.82) is 0 Å². The van der Waals surface area contributed by atoms with Crippen molar-refractivity contribution >= 4 is 28.2 Å². The third-order valence-electron chi connectivity index (χ3n) is 2.16. The minimum absolute atomic E-state index is 0.398. The zero-order valence-corrected chi connectivity index (χ0v) is 9.55. The predicted octanol–water partition coefficient (Wildman–Crippen LogP) is 3.71. The van der Waals surface area contributed by atoms with E-state index in [9.17, 15) is 0 Å².